The number of halogens is 1. The molecule has 2 aromatic heterocycles. The van der Waals surface area contributed by atoms with E-state index in [0.29, 0.717) is 17.4 Å². The van der Waals surface area contributed by atoms with Gasteiger partial charge in [0, 0.05) is 24.3 Å². The second kappa shape index (κ2) is 5.97. The Labute approximate surface area is 127 Å². The highest BCUT2D eigenvalue weighted by Crippen LogP contribution is 2.26. The molecular weight excluding hydrogens is 283 g/mol. The lowest BCUT2D eigenvalue weighted by molar-refractivity contribution is 0.0509. The summed E-state index contributed by atoms with van der Waals surface area (Å²) in [5.74, 6) is -1.19. The number of carbonyl (C=O) groups is 1. The van der Waals surface area contributed by atoms with E-state index >= 15 is 0 Å². The number of esters is 1. The van der Waals surface area contributed by atoms with E-state index in [4.69, 9.17) is 4.74 Å². The molecule has 5 heteroatoms. The van der Waals surface area contributed by atoms with Crippen molar-refractivity contribution >= 4 is 16.9 Å². The topological polar surface area (TPSA) is 44.1 Å². The number of aromatic nitrogens is 2. The number of hydrogen-bond donors (Lipinski definition) is 0. The minimum Gasteiger partial charge on any atom is -0.461 e. The average Bonchev–Trinajstić information content (AvgIpc) is 2.82. The van der Waals surface area contributed by atoms with Crippen LogP contribution in [0, 0.1) is 5.82 Å². The molecule has 0 saturated carbocycles. The first kappa shape index (κ1) is 14.3. The molecule has 0 amide bonds. The van der Waals surface area contributed by atoms with E-state index in [9.17, 15) is 9.18 Å². The Balaban J connectivity index is 2.17. The number of nitrogens with zero attached hydrogens (tertiary/aromatic N) is 2. The van der Waals surface area contributed by atoms with Crippen molar-refractivity contribution < 1.29 is 13.9 Å². The molecule has 0 atom stereocenters. The van der Waals surface area contributed by atoms with Crippen LogP contribution in [0.1, 0.15) is 23.0 Å². The van der Waals surface area contributed by atoms with Crippen LogP contribution in [-0.4, -0.2) is 22.1 Å². The van der Waals surface area contributed by atoms with Crippen LogP contribution in [0.4, 0.5) is 4.39 Å². The number of ether oxygens (including phenoxy) is 1. The summed E-state index contributed by atoms with van der Waals surface area (Å²) in [5.41, 5.74) is 1.56. The van der Waals surface area contributed by atoms with Gasteiger partial charge in [0.1, 0.15) is 0 Å². The van der Waals surface area contributed by atoms with Crippen LogP contribution >= 0.6 is 0 Å². The van der Waals surface area contributed by atoms with E-state index in [-0.39, 0.29) is 12.3 Å². The first-order valence-electron chi connectivity index (χ1n) is 7.05. The van der Waals surface area contributed by atoms with E-state index in [2.05, 4.69) is 4.98 Å². The fourth-order valence-electron chi connectivity index (χ4n) is 2.50. The monoisotopic (exact) mass is 298 g/mol. The number of pyridine rings is 1. The molecule has 0 bridgehead atoms. The quantitative estimate of drug-likeness (QED) is 0.693. The third kappa shape index (κ3) is 2.45. The molecule has 2 heterocycles. The van der Waals surface area contributed by atoms with Crippen molar-refractivity contribution in [3.05, 3.63) is 65.9 Å². The SMILES string of the molecule is CCOC(=O)c1c(F)c2ccccc2n1Cc1ccncc1. The standard InChI is InChI=1S/C17H15FN2O2/c1-2-22-17(21)16-15(18)13-5-3-4-6-14(13)20(16)11-12-7-9-19-10-8-12/h3-10H,2,11H2,1H3. The second-order valence-corrected chi connectivity index (χ2v) is 4.84. The van der Waals surface area contributed by atoms with Gasteiger partial charge in [-0.2, -0.15) is 0 Å². The van der Waals surface area contributed by atoms with Crippen molar-refractivity contribution in [3.8, 4) is 0 Å². The van der Waals surface area contributed by atoms with Crippen LogP contribution in [-0.2, 0) is 11.3 Å². The van der Waals surface area contributed by atoms with Gasteiger partial charge in [0.15, 0.2) is 11.5 Å². The lowest BCUT2D eigenvalue weighted by Gasteiger charge is -2.10. The molecule has 0 aliphatic rings. The molecule has 4 nitrogen and oxygen atoms in total. The summed E-state index contributed by atoms with van der Waals surface area (Å²) >= 11 is 0. The number of rotatable bonds is 4. The molecule has 112 valence electrons. The van der Waals surface area contributed by atoms with Crippen molar-refractivity contribution in [3.63, 3.8) is 0 Å². The number of fused-ring (bicyclic) bond motifs is 1. The molecule has 0 spiro atoms. The van der Waals surface area contributed by atoms with Gasteiger partial charge in [-0.1, -0.05) is 12.1 Å². The first-order valence-corrected chi connectivity index (χ1v) is 7.05. The number of benzene rings is 1. The maximum absolute atomic E-state index is 14.6. The Morgan fingerprint density at radius 3 is 2.68 bits per heavy atom. The lowest BCUT2D eigenvalue weighted by atomic mass is 10.2. The van der Waals surface area contributed by atoms with Crippen LogP contribution in [0.25, 0.3) is 10.9 Å². The molecule has 0 fully saturated rings. The van der Waals surface area contributed by atoms with Crippen molar-refractivity contribution in [2.75, 3.05) is 6.61 Å². The van der Waals surface area contributed by atoms with Gasteiger partial charge in [-0.3, -0.25) is 4.98 Å². The first-order chi connectivity index (χ1) is 10.7. The molecule has 0 unspecified atom stereocenters. The summed E-state index contributed by atoms with van der Waals surface area (Å²) in [6.45, 7) is 2.28. The molecule has 1 aromatic carbocycles. The normalized spacial score (nSPS) is 10.8. The predicted molar refractivity (Wildman–Crippen MR) is 81.2 cm³/mol. The molecular formula is C17H15FN2O2. The zero-order chi connectivity index (χ0) is 15.5. The van der Waals surface area contributed by atoms with Crippen LogP contribution in [0.3, 0.4) is 0 Å². The summed E-state index contributed by atoms with van der Waals surface area (Å²) < 4.78 is 21.3. The summed E-state index contributed by atoms with van der Waals surface area (Å²) in [4.78, 5) is 16.1. The minimum absolute atomic E-state index is 0.0418. The summed E-state index contributed by atoms with van der Waals surface area (Å²) in [5, 5.41) is 0.416. The molecule has 0 N–H and O–H groups in total. The van der Waals surface area contributed by atoms with Crippen molar-refractivity contribution in [1.82, 2.24) is 9.55 Å². The van der Waals surface area contributed by atoms with Crippen LogP contribution < -0.4 is 0 Å². The molecule has 0 saturated heterocycles. The number of para-hydroxylation sites is 1. The fraction of sp³-hybridized carbons (Fsp3) is 0.176. The Bertz CT molecular complexity index is 812. The molecule has 3 aromatic rings. The van der Waals surface area contributed by atoms with E-state index < -0.39 is 11.8 Å². The van der Waals surface area contributed by atoms with Crippen LogP contribution in [0.5, 0.6) is 0 Å². The van der Waals surface area contributed by atoms with Gasteiger partial charge in [-0.25, -0.2) is 9.18 Å². The fourth-order valence-corrected chi connectivity index (χ4v) is 2.50. The van der Waals surface area contributed by atoms with E-state index in [1.54, 1.807) is 42.1 Å². The molecule has 3 rings (SSSR count). The Morgan fingerprint density at radius 2 is 1.95 bits per heavy atom. The highest BCUT2D eigenvalue weighted by Gasteiger charge is 2.24. The summed E-state index contributed by atoms with van der Waals surface area (Å²) in [6.07, 6.45) is 3.34. The second-order valence-electron chi connectivity index (χ2n) is 4.84. The average molecular weight is 298 g/mol. The number of hydrogen-bond acceptors (Lipinski definition) is 3. The zero-order valence-corrected chi connectivity index (χ0v) is 12.1. The molecule has 0 aliphatic heterocycles. The lowest BCUT2D eigenvalue weighted by Crippen LogP contribution is -2.14. The maximum Gasteiger partial charge on any atom is 0.358 e. The molecule has 22 heavy (non-hydrogen) atoms. The Morgan fingerprint density at radius 1 is 1.23 bits per heavy atom. The maximum atomic E-state index is 14.6. The highest BCUT2D eigenvalue weighted by atomic mass is 19.1. The summed E-state index contributed by atoms with van der Waals surface area (Å²) in [7, 11) is 0. The van der Waals surface area contributed by atoms with E-state index in [1.807, 2.05) is 18.2 Å². The minimum atomic E-state index is -0.648. The Hall–Kier alpha value is -2.69. The van der Waals surface area contributed by atoms with E-state index in [1.165, 1.54) is 0 Å². The summed E-state index contributed by atoms with van der Waals surface area (Å²) in [6, 6.07) is 10.7. The van der Waals surface area contributed by atoms with Crippen molar-refractivity contribution in [2.24, 2.45) is 0 Å². The van der Waals surface area contributed by atoms with Gasteiger partial charge in [0.2, 0.25) is 0 Å². The van der Waals surface area contributed by atoms with Gasteiger partial charge >= 0.3 is 5.97 Å². The zero-order valence-electron chi connectivity index (χ0n) is 12.1. The number of carbonyl (C=O) groups excluding carboxylic acids is 1. The van der Waals surface area contributed by atoms with Gasteiger partial charge < -0.3 is 9.30 Å². The molecule has 0 radical (unpaired) electrons. The predicted octanol–water partition coefficient (Wildman–Crippen LogP) is 3.40. The van der Waals surface area contributed by atoms with Crippen LogP contribution in [0.15, 0.2) is 48.8 Å². The smallest absolute Gasteiger partial charge is 0.358 e. The van der Waals surface area contributed by atoms with Crippen molar-refractivity contribution in [2.45, 2.75) is 13.5 Å². The van der Waals surface area contributed by atoms with Crippen LogP contribution in [0.2, 0.25) is 0 Å². The van der Waals surface area contributed by atoms with Gasteiger partial charge in [-0.15, -0.1) is 0 Å². The highest BCUT2D eigenvalue weighted by molar-refractivity contribution is 5.96. The van der Waals surface area contributed by atoms with Gasteiger partial charge in [-0.05, 0) is 36.8 Å². The van der Waals surface area contributed by atoms with Crippen molar-refractivity contribution in [1.29, 1.82) is 0 Å². The van der Waals surface area contributed by atoms with E-state index in [0.717, 1.165) is 5.56 Å². The molecule has 0 aliphatic carbocycles. The third-order valence-corrected chi connectivity index (χ3v) is 3.47. The van der Waals surface area contributed by atoms with Gasteiger partial charge in [0.25, 0.3) is 0 Å². The van der Waals surface area contributed by atoms with Gasteiger partial charge in [0.05, 0.1) is 12.1 Å². The Kier molecular flexibility index (Phi) is 3.87. The third-order valence-electron chi connectivity index (χ3n) is 3.47. The largest absolute Gasteiger partial charge is 0.461 e.